The largest absolute Gasteiger partial charge is 0.461 e. The highest BCUT2D eigenvalue weighted by atomic mass is 19.1. The summed E-state index contributed by atoms with van der Waals surface area (Å²) in [7, 11) is 1.72. The van der Waals surface area contributed by atoms with Gasteiger partial charge in [0.15, 0.2) is 0 Å². The molecular weight excluding hydrogens is 331 g/mol. The maximum absolute atomic E-state index is 14.0. The van der Waals surface area contributed by atoms with Gasteiger partial charge in [-0.15, -0.1) is 0 Å². The molecule has 134 valence electrons. The van der Waals surface area contributed by atoms with Gasteiger partial charge in [0.05, 0.1) is 18.2 Å². The first kappa shape index (κ1) is 18.4. The molecule has 1 aliphatic carbocycles. The molecule has 0 saturated carbocycles. The molecule has 0 fully saturated rings. The molecular formula is C17H19FN2O5. The van der Waals surface area contributed by atoms with E-state index in [0.717, 1.165) is 0 Å². The van der Waals surface area contributed by atoms with Crippen LogP contribution in [0, 0.1) is 0 Å². The Kier molecular flexibility index (Phi) is 5.41. The van der Waals surface area contributed by atoms with Crippen LogP contribution < -0.4 is 5.73 Å². The second kappa shape index (κ2) is 7.33. The number of Topliss-reactive ketones (excluding diaryl/α,β-unsaturated/α-hetero) is 1. The van der Waals surface area contributed by atoms with E-state index in [1.165, 1.54) is 6.08 Å². The van der Waals surface area contributed by atoms with Gasteiger partial charge in [-0.2, -0.15) is 4.39 Å². The summed E-state index contributed by atoms with van der Waals surface area (Å²) < 4.78 is 23.7. The minimum atomic E-state index is -2.36. The van der Waals surface area contributed by atoms with E-state index in [9.17, 15) is 18.8 Å². The normalized spacial score (nSPS) is 20.3. The Hall–Kier alpha value is -2.90. The van der Waals surface area contributed by atoms with Gasteiger partial charge < -0.3 is 20.1 Å². The van der Waals surface area contributed by atoms with Gasteiger partial charge in [-0.25, -0.2) is 4.79 Å². The van der Waals surface area contributed by atoms with Crippen LogP contribution in [0.25, 0.3) is 0 Å². The number of hydrogen-bond donors (Lipinski definition) is 1. The second-order valence-corrected chi connectivity index (χ2v) is 5.42. The second-order valence-electron chi connectivity index (χ2n) is 5.42. The Labute approximate surface area is 144 Å². The van der Waals surface area contributed by atoms with Gasteiger partial charge in [0.1, 0.15) is 5.76 Å². The number of rotatable bonds is 6. The summed E-state index contributed by atoms with van der Waals surface area (Å²) in [4.78, 5) is 36.9. The lowest BCUT2D eigenvalue weighted by atomic mass is 9.96. The highest BCUT2D eigenvalue weighted by Gasteiger charge is 2.39. The molecule has 2 unspecified atom stereocenters. The molecule has 0 spiro atoms. The number of allylic oxidation sites excluding steroid dienone is 4. The lowest BCUT2D eigenvalue weighted by Crippen LogP contribution is -2.28. The zero-order chi connectivity index (χ0) is 18.7. The van der Waals surface area contributed by atoms with Crippen molar-refractivity contribution in [3.8, 4) is 0 Å². The number of carbonyl (C=O) groups excluding carboxylic acids is 3. The lowest BCUT2D eigenvalue weighted by Gasteiger charge is -2.22. The first-order valence-corrected chi connectivity index (χ1v) is 7.64. The molecule has 0 radical (unpaired) electrons. The minimum Gasteiger partial charge on any atom is -0.461 e. The fourth-order valence-electron chi connectivity index (χ4n) is 2.70. The monoisotopic (exact) mass is 350 g/mol. The van der Waals surface area contributed by atoms with Crippen molar-refractivity contribution in [3.05, 3.63) is 46.9 Å². The number of primary amides is 1. The summed E-state index contributed by atoms with van der Waals surface area (Å²) >= 11 is 0. The number of fused-ring (bicyclic) bond motifs is 1. The van der Waals surface area contributed by atoms with Crippen molar-refractivity contribution in [1.82, 2.24) is 4.90 Å². The molecule has 2 aliphatic rings. The molecule has 0 aromatic rings. The van der Waals surface area contributed by atoms with Gasteiger partial charge in [0, 0.05) is 18.3 Å². The number of alkyl halides is 1. The Morgan fingerprint density at radius 3 is 2.64 bits per heavy atom. The predicted molar refractivity (Wildman–Crippen MR) is 86.4 cm³/mol. The molecule has 1 aliphatic heterocycles. The number of amides is 1. The van der Waals surface area contributed by atoms with Crippen LogP contribution in [0.3, 0.4) is 0 Å². The highest BCUT2D eigenvalue weighted by Crippen LogP contribution is 2.37. The van der Waals surface area contributed by atoms with Crippen LogP contribution in [0.4, 0.5) is 4.39 Å². The number of likely N-dealkylation sites (N-methyl/N-ethyl adjacent to an activating group) is 1. The molecule has 25 heavy (non-hydrogen) atoms. The summed E-state index contributed by atoms with van der Waals surface area (Å²) in [6.07, 6.45) is 4.08. The third-order valence-corrected chi connectivity index (χ3v) is 3.94. The number of ether oxygens (including phenoxy) is 2. The SMILES string of the molecule is CCOC(=O)C(F)OC1=C2C(C(=O)C(N)=O)=C(C)N(C)C2C=CC=C1. The molecule has 0 aromatic carbocycles. The van der Waals surface area contributed by atoms with Crippen molar-refractivity contribution < 1.29 is 28.2 Å². The van der Waals surface area contributed by atoms with E-state index in [0.29, 0.717) is 5.70 Å². The number of carbonyl (C=O) groups is 3. The molecule has 0 saturated heterocycles. The van der Waals surface area contributed by atoms with Crippen LogP contribution in [0.1, 0.15) is 13.8 Å². The molecule has 0 bridgehead atoms. The van der Waals surface area contributed by atoms with Crippen LogP contribution in [-0.2, 0) is 23.9 Å². The number of ketones is 1. The topological polar surface area (TPSA) is 98.9 Å². The maximum Gasteiger partial charge on any atom is 0.381 e. The number of nitrogens with zero attached hydrogens (tertiary/aromatic N) is 1. The third-order valence-electron chi connectivity index (χ3n) is 3.94. The van der Waals surface area contributed by atoms with Crippen molar-refractivity contribution in [2.45, 2.75) is 26.2 Å². The van der Waals surface area contributed by atoms with Gasteiger partial charge in [-0.05, 0) is 19.9 Å². The van der Waals surface area contributed by atoms with Crippen molar-refractivity contribution in [2.75, 3.05) is 13.7 Å². The van der Waals surface area contributed by atoms with E-state index in [1.807, 2.05) is 0 Å². The van der Waals surface area contributed by atoms with E-state index in [-0.39, 0.29) is 23.5 Å². The smallest absolute Gasteiger partial charge is 0.381 e. The van der Waals surface area contributed by atoms with E-state index in [4.69, 9.17) is 10.5 Å². The van der Waals surface area contributed by atoms with E-state index in [2.05, 4.69) is 4.74 Å². The fourth-order valence-corrected chi connectivity index (χ4v) is 2.70. The van der Waals surface area contributed by atoms with Gasteiger partial charge in [-0.1, -0.05) is 18.2 Å². The molecule has 1 amide bonds. The molecule has 7 nitrogen and oxygen atoms in total. The molecule has 2 N–H and O–H groups in total. The van der Waals surface area contributed by atoms with Crippen LogP contribution in [0.15, 0.2) is 46.9 Å². The summed E-state index contributed by atoms with van der Waals surface area (Å²) in [5.41, 5.74) is 5.95. The average molecular weight is 350 g/mol. The summed E-state index contributed by atoms with van der Waals surface area (Å²) in [5, 5.41) is 0. The van der Waals surface area contributed by atoms with Crippen LogP contribution in [0.5, 0.6) is 0 Å². The van der Waals surface area contributed by atoms with E-state index in [1.54, 1.807) is 44.0 Å². The quantitative estimate of drug-likeness (QED) is 0.564. The molecule has 0 aromatic heterocycles. The van der Waals surface area contributed by atoms with Crippen molar-refractivity contribution in [3.63, 3.8) is 0 Å². The summed E-state index contributed by atoms with van der Waals surface area (Å²) in [6.45, 7) is 3.19. The highest BCUT2D eigenvalue weighted by molar-refractivity contribution is 6.43. The Morgan fingerprint density at radius 2 is 2.04 bits per heavy atom. The number of halogens is 1. The summed E-state index contributed by atoms with van der Waals surface area (Å²) in [6, 6.07) is -0.460. The number of nitrogens with two attached hydrogens (primary N) is 1. The third kappa shape index (κ3) is 3.47. The van der Waals surface area contributed by atoms with E-state index >= 15 is 0 Å². The number of hydrogen-bond acceptors (Lipinski definition) is 6. The summed E-state index contributed by atoms with van der Waals surface area (Å²) in [5.74, 6) is -3.25. The fraction of sp³-hybridized carbons (Fsp3) is 0.353. The van der Waals surface area contributed by atoms with Gasteiger partial charge in [0.2, 0.25) is 0 Å². The van der Waals surface area contributed by atoms with Gasteiger partial charge in [0.25, 0.3) is 11.7 Å². The molecule has 2 atom stereocenters. The molecule has 2 rings (SSSR count). The minimum absolute atomic E-state index is 0.00168. The predicted octanol–water partition coefficient (Wildman–Crippen LogP) is 0.884. The van der Waals surface area contributed by atoms with Crippen molar-refractivity contribution in [2.24, 2.45) is 5.73 Å². The first-order chi connectivity index (χ1) is 11.8. The standard InChI is InChI=1S/C17H19FN2O5/c1-4-24-17(23)15(18)25-11-8-6-5-7-10-13(11)12(9(2)20(10)3)14(21)16(19)22/h5-8,10,15H,4H2,1-3H3,(H2,19,22). The molecule has 1 heterocycles. The van der Waals surface area contributed by atoms with Crippen molar-refractivity contribution in [1.29, 1.82) is 0 Å². The Bertz CT molecular complexity index is 735. The Balaban J connectivity index is 2.51. The van der Waals surface area contributed by atoms with Crippen LogP contribution >= 0.6 is 0 Å². The average Bonchev–Trinajstić information content (AvgIpc) is 2.71. The first-order valence-electron chi connectivity index (χ1n) is 7.64. The zero-order valence-electron chi connectivity index (χ0n) is 14.1. The van der Waals surface area contributed by atoms with Gasteiger partial charge in [-0.3, -0.25) is 9.59 Å². The van der Waals surface area contributed by atoms with Crippen molar-refractivity contribution >= 4 is 17.7 Å². The number of esters is 1. The Morgan fingerprint density at radius 1 is 1.36 bits per heavy atom. The van der Waals surface area contributed by atoms with E-state index < -0.39 is 30.1 Å². The van der Waals surface area contributed by atoms with Crippen LogP contribution in [-0.4, -0.2) is 48.6 Å². The van der Waals surface area contributed by atoms with Gasteiger partial charge >= 0.3 is 12.3 Å². The molecule has 8 heteroatoms. The van der Waals surface area contributed by atoms with Crippen LogP contribution in [0.2, 0.25) is 0 Å². The maximum atomic E-state index is 14.0. The zero-order valence-corrected chi connectivity index (χ0v) is 14.1. The lowest BCUT2D eigenvalue weighted by molar-refractivity contribution is -0.164.